The minimum absolute atomic E-state index is 0.00721. The Labute approximate surface area is 111 Å². The molecular formula is C12H25N3O2S. The fraction of sp³-hybridized carbons (Fsp3) is 1.00. The molecule has 0 bridgehead atoms. The molecule has 0 aromatic carbocycles. The van der Waals surface area contributed by atoms with Gasteiger partial charge in [-0.15, -0.1) is 0 Å². The molecule has 0 radical (unpaired) electrons. The van der Waals surface area contributed by atoms with Crippen LogP contribution in [0.5, 0.6) is 0 Å². The SMILES string of the molecule is CC(C)N(C)S(=O)(=O)N(CC1CCCN1)C1CC1. The molecule has 1 unspecified atom stereocenters. The van der Waals surface area contributed by atoms with Crippen LogP contribution in [0, 0.1) is 0 Å². The van der Waals surface area contributed by atoms with E-state index >= 15 is 0 Å². The number of hydrogen-bond donors (Lipinski definition) is 1. The van der Waals surface area contributed by atoms with Gasteiger partial charge in [-0.1, -0.05) is 0 Å². The Morgan fingerprint density at radius 3 is 2.39 bits per heavy atom. The number of rotatable bonds is 6. The topological polar surface area (TPSA) is 52.7 Å². The first kappa shape index (κ1) is 14.2. The van der Waals surface area contributed by atoms with Crippen LogP contribution in [0.1, 0.15) is 39.5 Å². The highest BCUT2D eigenvalue weighted by molar-refractivity contribution is 7.86. The van der Waals surface area contributed by atoms with E-state index < -0.39 is 10.2 Å². The summed E-state index contributed by atoms with van der Waals surface area (Å²) in [7, 11) is -1.62. The summed E-state index contributed by atoms with van der Waals surface area (Å²) >= 11 is 0. The van der Waals surface area contributed by atoms with Crippen molar-refractivity contribution in [1.82, 2.24) is 13.9 Å². The average Bonchev–Trinajstić information content (AvgIpc) is 3.01. The smallest absolute Gasteiger partial charge is 0.282 e. The summed E-state index contributed by atoms with van der Waals surface area (Å²) in [6.45, 7) is 5.47. The van der Waals surface area contributed by atoms with E-state index in [9.17, 15) is 8.42 Å². The molecule has 1 saturated heterocycles. The molecule has 2 aliphatic rings. The Bertz CT molecular complexity index is 373. The summed E-state index contributed by atoms with van der Waals surface area (Å²) < 4.78 is 28.3. The van der Waals surface area contributed by atoms with E-state index in [0.717, 1.165) is 32.2 Å². The number of nitrogens with one attached hydrogen (secondary N) is 1. The molecule has 1 aliphatic heterocycles. The van der Waals surface area contributed by atoms with E-state index in [-0.39, 0.29) is 12.1 Å². The highest BCUT2D eigenvalue weighted by Gasteiger charge is 2.41. The van der Waals surface area contributed by atoms with Crippen LogP contribution in [0.4, 0.5) is 0 Å². The molecule has 0 aromatic rings. The molecule has 1 aliphatic carbocycles. The Hall–Kier alpha value is -0.170. The Kier molecular flexibility index (Phi) is 4.31. The lowest BCUT2D eigenvalue weighted by Gasteiger charge is -2.31. The third-order valence-electron chi connectivity index (χ3n) is 3.90. The van der Waals surface area contributed by atoms with E-state index in [0.29, 0.717) is 12.6 Å². The summed E-state index contributed by atoms with van der Waals surface area (Å²) in [6, 6.07) is 0.576. The van der Waals surface area contributed by atoms with Crippen molar-refractivity contribution in [1.29, 1.82) is 0 Å². The molecule has 106 valence electrons. The van der Waals surface area contributed by atoms with Gasteiger partial charge < -0.3 is 5.32 Å². The first-order valence-corrected chi connectivity index (χ1v) is 8.31. The predicted molar refractivity (Wildman–Crippen MR) is 72.6 cm³/mol. The highest BCUT2D eigenvalue weighted by Crippen LogP contribution is 2.31. The van der Waals surface area contributed by atoms with Gasteiger partial charge in [0, 0.05) is 31.7 Å². The van der Waals surface area contributed by atoms with Gasteiger partial charge in [0.1, 0.15) is 0 Å². The second kappa shape index (κ2) is 5.45. The lowest BCUT2D eigenvalue weighted by molar-refractivity contribution is 0.311. The maximum absolute atomic E-state index is 12.6. The van der Waals surface area contributed by atoms with Crippen molar-refractivity contribution in [3.8, 4) is 0 Å². The molecule has 0 amide bonds. The Morgan fingerprint density at radius 2 is 1.94 bits per heavy atom. The predicted octanol–water partition coefficient (Wildman–Crippen LogP) is 0.788. The summed E-state index contributed by atoms with van der Waals surface area (Å²) in [5.74, 6) is 0. The van der Waals surface area contributed by atoms with Crippen LogP contribution in [-0.2, 0) is 10.2 Å². The van der Waals surface area contributed by atoms with Crippen molar-refractivity contribution in [2.75, 3.05) is 20.1 Å². The largest absolute Gasteiger partial charge is 0.313 e. The van der Waals surface area contributed by atoms with Gasteiger partial charge in [-0.05, 0) is 46.1 Å². The molecule has 1 N–H and O–H groups in total. The van der Waals surface area contributed by atoms with Crippen molar-refractivity contribution in [2.24, 2.45) is 0 Å². The maximum Gasteiger partial charge on any atom is 0.282 e. The average molecular weight is 275 g/mol. The third-order valence-corrected chi connectivity index (χ3v) is 6.09. The molecule has 1 atom stereocenters. The van der Waals surface area contributed by atoms with Gasteiger partial charge in [0.15, 0.2) is 0 Å². The van der Waals surface area contributed by atoms with Crippen LogP contribution in [0.25, 0.3) is 0 Å². The first-order chi connectivity index (χ1) is 8.43. The van der Waals surface area contributed by atoms with Gasteiger partial charge in [0.2, 0.25) is 0 Å². The molecule has 18 heavy (non-hydrogen) atoms. The van der Waals surface area contributed by atoms with E-state index in [1.807, 2.05) is 13.8 Å². The fourth-order valence-corrected chi connectivity index (χ4v) is 4.18. The molecule has 0 aromatic heterocycles. The lowest BCUT2D eigenvalue weighted by atomic mass is 10.2. The van der Waals surface area contributed by atoms with Crippen LogP contribution in [0.15, 0.2) is 0 Å². The highest BCUT2D eigenvalue weighted by atomic mass is 32.2. The second-order valence-corrected chi connectivity index (χ2v) is 7.65. The van der Waals surface area contributed by atoms with E-state index in [1.54, 1.807) is 11.4 Å². The van der Waals surface area contributed by atoms with Gasteiger partial charge >= 0.3 is 0 Å². The first-order valence-electron chi connectivity index (χ1n) is 6.91. The van der Waals surface area contributed by atoms with Crippen LogP contribution >= 0.6 is 0 Å². The zero-order valence-electron chi connectivity index (χ0n) is 11.6. The van der Waals surface area contributed by atoms with Crippen molar-refractivity contribution >= 4 is 10.2 Å². The van der Waals surface area contributed by atoms with Crippen molar-refractivity contribution in [3.05, 3.63) is 0 Å². The summed E-state index contributed by atoms with van der Waals surface area (Å²) in [5, 5.41) is 3.39. The summed E-state index contributed by atoms with van der Waals surface area (Å²) in [5.41, 5.74) is 0. The molecule has 2 fully saturated rings. The van der Waals surface area contributed by atoms with Gasteiger partial charge in [0.25, 0.3) is 10.2 Å². The van der Waals surface area contributed by atoms with Crippen molar-refractivity contribution in [2.45, 2.75) is 57.7 Å². The Morgan fingerprint density at radius 1 is 1.28 bits per heavy atom. The van der Waals surface area contributed by atoms with Crippen molar-refractivity contribution < 1.29 is 8.42 Å². The molecular weight excluding hydrogens is 250 g/mol. The summed E-state index contributed by atoms with van der Waals surface area (Å²) in [6.07, 6.45) is 4.27. The number of nitrogens with zero attached hydrogens (tertiary/aromatic N) is 2. The summed E-state index contributed by atoms with van der Waals surface area (Å²) in [4.78, 5) is 0. The van der Waals surface area contributed by atoms with Crippen molar-refractivity contribution in [3.63, 3.8) is 0 Å². The third kappa shape index (κ3) is 3.04. The zero-order valence-corrected chi connectivity index (χ0v) is 12.4. The monoisotopic (exact) mass is 275 g/mol. The maximum atomic E-state index is 12.6. The van der Waals surface area contributed by atoms with Gasteiger partial charge in [-0.2, -0.15) is 17.0 Å². The van der Waals surface area contributed by atoms with Crippen LogP contribution in [-0.4, -0.2) is 55.3 Å². The Balaban J connectivity index is 2.08. The molecule has 2 rings (SSSR count). The van der Waals surface area contributed by atoms with E-state index in [1.165, 1.54) is 4.31 Å². The molecule has 6 heteroatoms. The minimum Gasteiger partial charge on any atom is -0.313 e. The lowest BCUT2D eigenvalue weighted by Crippen LogP contribution is -2.49. The quantitative estimate of drug-likeness (QED) is 0.780. The number of hydrogen-bond acceptors (Lipinski definition) is 3. The zero-order chi connectivity index (χ0) is 13.3. The van der Waals surface area contributed by atoms with Crippen LogP contribution in [0.3, 0.4) is 0 Å². The van der Waals surface area contributed by atoms with Gasteiger partial charge in [0.05, 0.1) is 0 Å². The minimum atomic E-state index is -3.30. The van der Waals surface area contributed by atoms with Crippen LogP contribution in [0.2, 0.25) is 0 Å². The normalized spacial score (nSPS) is 25.6. The van der Waals surface area contributed by atoms with E-state index in [2.05, 4.69) is 5.32 Å². The van der Waals surface area contributed by atoms with E-state index in [4.69, 9.17) is 0 Å². The van der Waals surface area contributed by atoms with Crippen LogP contribution < -0.4 is 5.32 Å². The molecule has 1 saturated carbocycles. The molecule has 5 nitrogen and oxygen atoms in total. The standard InChI is InChI=1S/C12H25N3O2S/c1-10(2)14(3)18(16,17)15(12-6-7-12)9-11-5-4-8-13-11/h10-13H,4-9H2,1-3H3. The second-order valence-electron chi connectivity index (χ2n) is 5.71. The van der Waals surface area contributed by atoms with Gasteiger partial charge in [-0.25, -0.2) is 0 Å². The molecule has 1 heterocycles. The molecule has 0 spiro atoms. The van der Waals surface area contributed by atoms with Gasteiger partial charge in [-0.3, -0.25) is 0 Å². The fourth-order valence-electron chi connectivity index (χ4n) is 2.36.